The molecule has 2 aromatic carbocycles. The summed E-state index contributed by atoms with van der Waals surface area (Å²) in [6.07, 6.45) is 0.858. The van der Waals surface area contributed by atoms with Crippen molar-refractivity contribution in [3.63, 3.8) is 0 Å². The molecule has 1 N–H and O–H groups in total. The van der Waals surface area contributed by atoms with Crippen LogP contribution in [0.4, 0.5) is 23.2 Å². The van der Waals surface area contributed by atoms with Gasteiger partial charge in [0.2, 0.25) is 0 Å². The van der Waals surface area contributed by atoms with Crippen molar-refractivity contribution >= 4 is 23.4 Å². The summed E-state index contributed by atoms with van der Waals surface area (Å²) in [6.45, 7) is -0.0727. The van der Waals surface area contributed by atoms with Crippen LogP contribution in [-0.2, 0) is 11.8 Å². The first-order valence-corrected chi connectivity index (χ1v) is 13.9. The Labute approximate surface area is 247 Å². The van der Waals surface area contributed by atoms with Crippen LogP contribution in [0.2, 0.25) is 0 Å². The number of amides is 1. The van der Waals surface area contributed by atoms with Crippen molar-refractivity contribution in [2.24, 2.45) is 7.05 Å². The van der Waals surface area contributed by atoms with Crippen LogP contribution in [0.15, 0.2) is 58.2 Å². The fraction of sp³-hybridized carbons (Fsp3) is 0.276. The molecule has 226 valence electrons. The van der Waals surface area contributed by atoms with Crippen LogP contribution >= 0.6 is 11.8 Å². The highest BCUT2D eigenvalue weighted by Gasteiger charge is 2.28. The molecule has 43 heavy (non-hydrogen) atoms. The normalized spacial score (nSPS) is 14.7. The zero-order valence-electron chi connectivity index (χ0n) is 23.2. The van der Waals surface area contributed by atoms with E-state index in [2.05, 4.69) is 15.0 Å². The molecule has 1 aliphatic rings. The molecule has 9 nitrogen and oxygen atoms in total. The van der Waals surface area contributed by atoms with E-state index in [0.29, 0.717) is 18.9 Å². The third-order valence-electron chi connectivity index (χ3n) is 6.66. The Bertz CT molecular complexity index is 1700. The number of aromatic nitrogens is 3. The van der Waals surface area contributed by atoms with Crippen molar-refractivity contribution in [3.8, 4) is 28.6 Å². The van der Waals surface area contributed by atoms with Crippen molar-refractivity contribution < 1.29 is 36.6 Å². The monoisotopic (exact) mass is 618 g/mol. The highest BCUT2D eigenvalue weighted by molar-refractivity contribution is 8.00. The standard InChI is InChI=1S/C29H26F4N4O5S/c1-15-10-20(43-19-8-9-41-14-19)13-23(34-15)37-28(39)25(35-27(38)16-4-6-17(7-5-16)42-29(32)33)26(36(37)2)24-21(30)11-18(40-3)12-22(24)31/h4-7,10-13,19,29H,8-9,14H2,1-3H3,(H,35,38). The lowest BCUT2D eigenvalue weighted by atomic mass is 10.1. The van der Waals surface area contributed by atoms with Gasteiger partial charge in [-0.15, -0.1) is 11.8 Å². The van der Waals surface area contributed by atoms with Gasteiger partial charge in [-0.3, -0.25) is 14.3 Å². The lowest BCUT2D eigenvalue weighted by molar-refractivity contribution is -0.0498. The van der Waals surface area contributed by atoms with Gasteiger partial charge in [0.05, 0.1) is 19.3 Å². The van der Waals surface area contributed by atoms with Crippen LogP contribution in [0.1, 0.15) is 22.5 Å². The van der Waals surface area contributed by atoms with Crippen molar-refractivity contribution in [2.45, 2.75) is 30.1 Å². The van der Waals surface area contributed by atoms with Gasteiger partial charge in [-0.05, 0) is 49.7 Å². The Morgan fingerprint density at radius 2 is 1.81 bits per heavy atom. The Morgan fingerprint density at radius 3 is 2.42 bits per heavy atom. The van der Waals surface area contributed by atoms with E-state index in [1.165, 1.54) is 31.0 Å². The number of methoxy groups -OCH3 is 1. The van der Waals surface area contributed by atoms with Gasteiger partial charge in [0.15, 0.2) is 5.82 Å². The SMILES string of the molecule is COc1cc(F)c(-c2c(NC(=O)c3ccc(OC(F)F)cc3)c(=O)n(-c3cc(SC4CCOC4)cc(C)n3)n2C)c(F)c1. The summed E-state index contributed by atoms with van der Waals surface area (Å²) in [4.78, 5) is 32.4. The number of anilines is 1. The number of aryl methyl sites for hydroxylation is 1. The molecule has 5 rings (SSSR count). The smallest absolute Gasteiger partial charge is 0.387 e. The maximum Gasteiger partial charge on any atom is 0.387 e. The first-order chi connectivity index (χ1) is 20.5. The molecule has 1 aliphatic heterocycles. The Balaban J connectivity index is 1.63. The van der Waals surface area contributed by atoms with Gasteiger partial charge in [0.1, 0.15) is 34.5 Å². The maximum atomic E-state index is 15.4. The third kappa shape index (κ3) is 6.39. The molecular weight excluding hydrogens is 592 g/mol. The summed E-state index contributed by atoms with van der Waals surface area (Å²) in [6, 6.07) is 10.2. The first kappa shape index (κ1) is 30.2. The molecule has 1 unspecified atom stereocenters. The lowest BCUT2D eigenvalue weighted by Crippen LogP contribution is -2.24. The Morgan fingerprint density at radius 1 is 1.12 bits per heavy atom. The van der Waals surface area contributed by atoms with Gasteiger partial charge in [-0.2, -0.15) is 13.5 Å². The number of thioether (sulfide) groups is 1. The number of carbonyl (C=O) groups is 1. The van der Waals surface area contributed by atoms with Crippen molar-refractivity contribution in [1.29, 1.82) is 0 Å². The number of carbonyl (C=O) groups excluding carboxylic acids is 1. The van der Waals surface area contributed by atoms with E-state index in [9.17, 15) is 18.4 Å². The molecular formula is C29H26F4N4O5S. The van der Waals surface area contributed by atoms with E-state index in [-0.39, 0.29) is 33.8 Å². The summed E-state index contributed by atoms with van der Waals surface area (Å²) < 4.78 is 72.9. The Kier molecular flexibility index (Phi) is 8.78. The second kappa shape index (κ2) is 12.5. The summed E-state index contributed by atoms with van der Waals surface area (Å²) in [5.74, 6) is -3.01. The van der Waals surface area contributed by atoms with Crippen LogP contribution in [0, 0.1) is 18.6 Å². The largest absolute Gasteiger partial charge is 0.497 e. The fourth-order valence-corrected chi connectivity index (χ4v) is 5.90. The fourth-order valence-electron chi connectivity index (χ4n) is 4.72. The minimum Gasteiger partial charge on any atom is -0.497 e. The zero-order valence-corrected chi connectivity index (χ0v) is 24.0. The van der Waals surface area contributed by atoms with Crippen molar-refractivity contribution in [1.82, 2.24) is 14.3 Å². The molecule has 1 amide bonds. The van der Waals surface area contributed by atoms with Gasteiger partial charge >= 0.3 is 6.61 Å². The topological polar surface area (TPSA) is 96.6 Å². The highest BCUT2D eigenvalue weighted by Crippen LogP contribution is 2.35. The number of nitrogens with zero attached hydrogens (tertiary/aromatic N) is 3. The van der Waals surface area contributed by atoms with Crippen LogP contribution in [-0.4, -0.2) is 52.4 Å². The average Bonchev–Trinajstić information content (AvgIpc) is 3.54. The number of pyridine rings is 1. The molecule has 0 bridgehead atoms. The number of alkyl halides is 2. The van der Waals surface area contributed by atoms with E-state index in [1.54, 1.807) is 24.8 Å². The predicted molar refractivity (Wildman–Crippen MR) is 152 cm³/mol. The van der Waals surface area contributed by atoms with E-state index >= 15 is 8.78 Å². The quantitative estimate of drug-likeness (QED) is 0.245. The average molecular weight is 619 g/mol. The highest BCUT2D eigenvalue weighted by atomic mass is 32.2. The molecule has 0 spiro atoms. The molecule has 0 radical (unpaired) electrons. The van der Waals surface area contributed by atoms with E-state index in [4.69, 9.17) is 9.47 Å². The molecule has 1 saturated heterocycles. The zero-order chi connectivity index (χ0) is 30.8. The number of ether oxygens (including phenoxy) is 3. The number of halogens is 4. The van der Waals surface area contributed by atoms with Gasteiger partial charge in [0, 0.05) is 47.2 Å². The maximum absolute atomic E-state index is 15.4. The summed E-state index contributed by atoms with van der Waals surface area (Å²) in [7, 11) is 2.66. The molecule has 0 saturated carbocycles. The van der Waals surface area contributed by atoms with Crippen LogP contribution < -0.4 is 20.3 Å². The molecule has 14 heteroatoms. The summed E-state index contributed by atoms with van der Waals surface area (Å²) >= 11 is 1.56. The van der Waals surface area contributed by atoms with E-state index in [0.717, 1.165) is 40.3 Å². The van der Waals surface area contributed by atoms with Gasteiger partial charge in [0.25, 0.3) is 11.5 Å². The van der Waals surface area contributed by atoms with Crippen molar-refractivity contribution in [2.75, 3.05) is 25.6 Å². The minimum absolute atomic E-state index is 0.0239. The molecule has 3 heterocycles. The molecule has 1 atom stereocenters. The van der Waals surface area contributed by atoms with Crippen LogP contribution in [0.25, 0.3) is 17.1 Å². The van der Waals surface area contributed by atoms with Crippen molar-refractivity contribution in [3.05, 3.63) is 81.8 Å². The predicted octanol–water partition coefficient (Wildman–Crippen LogP) is 5.57. The van der Waals surface area contributed by atoms with Crippen LogP contribution in [0.3, 0.4) is 0 Å². The second-order valence-corrected chi connectivity index (χ2v) is 11.0. The van der Waals surface area contributed by atoms with E-state index in [1.807, 2.05) is 6.07 Å². The van der Waals surface area contributed by atoms with Gasteiger partial charge in [-0.1, -0.05) is 0 Å². The molecule has 0 aliphatic carbocycles. The second-order valence-electron chi connectivity index (χ2n) is 9.59. The number of benzene rings is 2. The first-order valence-electron chi connectivity index (χ1n) is 13.0. The molecule has 2 aromatic heterocycles. The molecule has 4 aromatic rings. The summed E-state index contributed by atoms with van der Waals surface area (Å²) in [5.41, 5.74) is -1.52. The minimum atomic E-state index is -3.06. The third-order valence-corrected chi connectivity index (χ3v) is 7.87. The number of rotatable bonds is 9. The number of nitrogens with one attached hydrogen (secondary N) is 1. The summed E-state index contributed by atoms with van der Waals surface area (Å²) in [5, 5.41) is 2.67. The molecule has 1 fully saturated rings. The van der Waals surface area contributed by atoms with Gasteiger partial charge < -0.3 is 19.5 Å². The number of hydrogen-bond donors (Lipinski definition) is 1. The number of hydrogen-bond acceptors (Lipinski definition) is 7. The van der Waals surface area contributed by atoms with E-state index < -0.39 is 41.0 Å². The van der Waals surface area contributed by atoms with Gasteiger partial charge in [-0.25, -0.2) is 13.8 Å². The Hall–Kier alpha value is -4.30. The lowest BCUT2D eigenvalue weighted by Gasteiger charge is -2.14. The van der Waals surface area contributed by atoms with Crippen LogP contribution in [0.5, 0.6) is 11.5 Å².